The zero-order valence-electron chi connectivity index (χ0n) is 13.2. The molecule has 0 aromatic heterocycles. The predicted molar refractivity (Wildman–Crippen MR) is 84.7 cm³/mol. The molecular weight excluding hydrogens is 262 g/mol. The molecule has 0 radical (unpaired) electrons. The lowest BCUT2D eigenvalue weighted by atomic mass is 9.79. The van der Waals surface area contributed by atoms with Crippen LogP contribution in [0, 0.1) is 0 Å². The molecule has 21 heavy (non-hydrogen) atoms. The maximum Gasteiger partial charge on any atom is 0.124 e. The molecule has 2 aliphatic rings. The van der Waals surface area contributed by atoms with Gasteiger partial charge in [-0.1, -0.05) is 38.5 Å². The van der Waals surface area contributed by atoms with Crippen LogP contribution in [0.3, 0.4) is 0 Å². The SMILES string of the molecule is CCCC1CC2(CCO1)CC(NCC)c1ccccc1O2. The standard InChI is InChI=1S/C18H27NO2/c1-3-7-14-12-18(10-11-20-14)13-16(19-4-2)15-8-5-6-9-17(15)21-18/h5-6,8-9,14,16,19H,3-4,7,10-13H2,1-2H3. The predicted octanol–water partition coefficient (Wildman–Crippen LogP) is 3.84. The van der Waals surface area contributed by atoms with E-state index in [0.717, 1.165) is 44.6 Å². The smallest absolute Gasteiger partial charge is 0.124 e. The van der Waals surface area contributed by atoms with Crippen LogP contribution in [0.1, 0.15) is 57.6 Å². The summed E-state index contributed by atoms with van der Waals surface area (Å²) in [7, 11) is 0. The van der Waals surface area contributed by atoms with Crippen LogP contribution in [-0.2, 0) is 4.74 Å². The summed E-state index contributed by atoms with van der Waals surface area (Å²) in [5, 5.41) is 3.64. The number of fused-ring (bicyclic) bond motifs is 1. The Morgan fingerprint density at radius 1 is 1.24 bits per heavy atom. The molecule has 1 fully saturated rings. The molecule has 0 aliphatic carbocycles. The fourth-order valence-corrected chi connectivity index (χ4v) is 3.82. The van der Waals surface area contributed by atoms with E-state index in [9.17, 15) is 0 Å². The van der Waals surface area contributed by atoms with Crippen molar-refractivity contribution in [2.24, 2.45) is 0 Å². The number of benzene rings is 1. The summed E-state index contributed by atoms with van der Waals surface area (Å²) in [6, 6.07) is 8.89. The van der Waals surface area contributed by atoms with Crippen LogP contribution in [-0.4, -0.2) is 24.9 Å². The van der Waals surface area contributed by atoms with E-state index >= 15 is 0 Å². The number of rotatable bonds is 4. The van der Waals surface area contributed by atoms with Crippen LogP contribution < -0.4 is 10.1 Å². The Hall–Kier alpha value is -1.06. The van der Waals surface area contributed by atoms with Crippen molar-refractivity contribution in [2.45, 2.75) is 63.7 Å². The summed E-state index contributed by atoms with van der Waals surface area (Å²) in [6.45, 7) is 6.22. The molecule has 2 heterocycles. The molecule has 3 rings (SSSR count). The van der Waals surface area contributed by atoms with E-state index in [2.05, 4.69) is 43.4 Å². The first-order valence-corrected chi connectivity index (χ1v) is 8.39. The highest BCUT2D eigenvalue weighted by Crippen LogP contribution is 2.45. The summed E-state index contributed by atoms with van der Waals surface area (Å²) in [4.78, 5) is 0. The largest absolute Gasteiger partial charge is 0.487 e. The van der Waals surface area contributed by atoms with Gasteiger partial charge in [-0.05, 0) is 19.0 Å². The van der Waals surface area contributed by atoms with Gasteiger partial charge in [0.2, 0.25) is 0 Å². The molecule has 116 valence electrons. The normalized spacial score (nSPS) is 31.7. The average molecular weight is 289 g/mol. The second-order valence-corrected chi connectivity index (χ2v) is 6.37. The molecule has 1 spiro atoms. The maximum absolute atomic E-state index is 6.49. The molecule has 1 aromatic rings. The van der Waals surface area contributed by atoms with Gasteiger partial charge in [0.05, 0.1) is 12.7 Å². The van der Waals surface area contributed by atoms with Crippen molar-refractivity contribution in [1.82, 2.24) is 5.32 Å². The summed E-state index contributed by atoms with van der Waals surface area (Å²) in [5.74, 6) is 1.06. The van der Waals surface area contributed by atoms with Gasteiger partial charge in [-0.25, -0.2) is 0 Å². The van der Waals surface area contributed by atoms with Crippen molar-refractivity contribution in [1.29, 1.82) is 0 Å². The monoisotopic (exact) mass is 289 g/mol. The van der Waals surface area contributed by atoms with Crippen molar-refractivity contribution in [3.05, 3.63) is 29.8 Å². The highest BCUT2D eigenvalue weighted by atomic mass is 16.5. The van der Waals surface area contributed by atoms with Gasteiger partial charge in [-0.2, -0.15) is 0 Å². The van der Waals surface area contributed by atoms with Crippen LogP contribution in [0.25, 0.3) is 0 Å². The Morgan fingerprint density at radius 2 is 2.10 bits per heavy atom. The van der Waals surface area contributed by atoms with Gasteiger partial charge in [0.25, 0.3) is 0 Å². The van der Waals surface area contributed by atoms with Gasteiger partial charge >= 0.3 is 0 Å². The van der Waals surface area contributed by atoms with Crippen LogP contribution in [0.2, 0.25) is 0 Å². The van der Waals surface area contributed by atoms with E-state index in [-0.39, 0.29) is 5.60 Å². The van der Waals surface area contributed by atoms with E-state index in [1.165, 1.54) is 12.0 Å². The van der Waals surface area contributed by atoms with Crippen molar-refractivity contribution in [2.75, 3.05) is 13.2 Å². The van der Waals surface area contributed by atoms with Crippen molar-refractivity contribution in [3.8, 4) is 5.75 Å². The first kappa shape index (κ1) is 14.9. The second-order valence-electron chi connectivity index (χ2n) is 6.37. The minimum Gasteiger partial charge on any atom is -0.487 e. The fourth-order valence-electron chi connectivity index (χ4n) is 3.82. The minimum absolute atomic E-state index is 0.0424. The van der Waals surface area contributed by atoms with Crippen LogP contribution in [0.5, 0.6) is 5.75 Å². The second kappa shape index (κ2) is 6.37. The van der Waals surface area contributed by atoms with Crippen molar-refractivity contribution < 1.29 is 9.47 Å². The van der Waals surface area contributed by atoms with Gasteiger partial charge < -0.3 is 14.8 Å². The Balaban J connectivity index is 1.84. The quantitative estimate of drug-likeness (QED) is 0.913. The molecule has 3 nitrogen and oxygen atoms in total. The minimum atomic E-state index is -0.0424. The Morgan fingerprint density at radius 3 is 2.90 bits per heavy atom. The molecule has 1 saturated heterocycles. The number of hydrogen-bond acceptors (Lipinski definition) is 3. The number of hydrogen-bond donors (Lipinski definition) is 1. The molecule has 2 aliphatic heterocycles. The molecule has 3 atom stereocenters. The van der Waals surface area contributed by atoms with Crippen molar-refractivity contribution >= 4 is 0 Å². The first-order chi connectivity index (χ1) is 10.3. The molecule has 0 bridgehead atoms. The molecule has 1 aromatic carbocycles. The van der Waals surface area contributed by atoms with Crippen molar-refractivity contribution in [3.63, 3.8) is 0 Å². The molecule has 3 heteroatoms. The van der Waals surface area contributed by atoms with Crippen LogP contribution >= 0.6 is 0 Å². The van der Waals surface area contributed by atoms with Gasteiger partial charge in [0, 0.05) is 30.9 Å². The molecule has 3 unspecified atom stereocenters. The maximum atomic E-state index is 6.49. The molecule has 0 saturated carbocycles. The van der Waals surface area contributed by atoms with E-state index in [4.69, 9.17) is 9.47 Å². The fraction of sp³-hybridized carbons (Fsp3) is 0.667. The third-order valence-corrected chi connectivity index (χ3v) is 4.77. The third kappa shape index (κ3) is 3.09. The summed E-state index contributed by atoms with van der Waals surface area (Å²) in [5.41, 5.74) is 1.27. The van der Waals surface area contributed by atoms with Gasteiger partial charge in [0.15, 0.2) is 0 Å². The molecule has 0 amide bonds. The number of nitrogens with one attached hydrogen (secondary N) is 1. The lowest BCUT2D eigenvalue weighted by Gasteiger charge is -2.46. The Kier molecular flexibility index (Phi) is 4.51. The number of para-hydroxylation sites is 1. The zero-order valence-corrected chi connectivity index (χ0v) is 13.2. The van der Waals surface area contributed by atoms with Crippen LogP contribution in [0.4, 0.5) is 0 Å². The average Bonchev–Trinajstić information content (AvgIpc) is 2.48. The highest BCUT2D eigenvalue weighted by molar-refractivity contribution is 5.39. The van der Waals surface area contributed by atoms with E-state index in [1.807, 2.05) is 0 Å². The van der Waals surface area contributed by atoms with Gasteiger partial charge in [0.1, 0.15) is 11.4 Å². The van der Waals surface area contributed by atoms with Crippen LogP contribution in [0.15, 0.2) is 24.3 Å². The van der Waals surface area contributed by atoms with Gasteiger partial charge in [-0.15, -0.1) is 0 Å². The molecule has 1 N–H and O–H groups in total. The highest BCUT2D eigenvalue weighted by Gasteiger charge is 2.44. The number of ether oxygens (including phenoxy) is 2. The lowest BCUT2D eigenvalue weighted by Crippen LogP contribution is -2.50. The van der Waals surface area contributed by atoms with E-state index in [0.29, 0.717) is 12.1 Å². The summed E-state index contributed by atoms with van der Waals surface area (Å²) >= 11 is 0. The van der Waals surface area contributed by atoms with E-state index < -0.39 is 0 Å². The lowest BCUT2D eigenvalue weighted by molar-refractivity contribution is -0.105. The summed E-state index contributed by atoms with van der Waals surface area (Å²) < 4.78 is 12.4. The first-order valence-electron chi connectivity index (χ1n) is 8.39. The molecular formula is C18H27NO2. The Bertz CT molecular complexity index is 474. The van der Waals surface area contributed by atoms with Gasteiger partial charge in [-0.3, -0.25) is 0 Å². The topological polar surface area (TPSA) is 30.5 Å². The zero-order chi connectivity index (χ0) is 14.7. The van der Waals surface area contributed by atoms with E-state index in [1.54, 1.807) is 0 Å². The Labute approximate surface area is 128 Å². The third-order valence-electron chi connectivity index (χ3n) is 4.77. The summed E-state index contributed by atoms with van der Waals surface area (Å²) in [6.07, 6.45) is 5.76.